The maximum absolute atomic E-state index is 12.4. The van der Waals surface area contributed by atoms with E-state index in [1.165, 1.54) is 0 Å². The van der Waals surface area contributed by atoms with Gasteiger partial charge in [-0.1, -0.05) is 11.3 Å². The van der Waals surface area contributed by atoms with Crippen molar-refractivity contribution in [3.63, 3.8) is 0 Å². The van der Waals surface area contributed by atoms with E-state index >= 15 is 0 Å². The third kappa shape index (κ3) is 3.62. The van der Waals surface area contributed by atoms with Crippen LogP contribution in [-0.2, 0) is 7.05 Å². The first-order valence-corrected chi connectivity index (χ1v) is 9.86. The van der Waals surface area contributed by atoms with Crippen molar-refractivity contribution in [2.45, 2.75) is 25.8 Å². The van der Waals surface area contributed by atoms with Gasteiger partial charge in [-0.25, -0.2) is 4.98 Å². The highest BCUT2D eigenvalue weighted by Crippen LogP contribution is 2.32. The van der Waals surface area contributed by atoms with Gasteiger partial charge < -0.3 is 15.0 Å². The number of fused-ring (bicyclic) bond motifs is 1. The Morgan fingerprint density at radius 1 is 1.30 bits per heavy atom. The fourth-order valence-electron chi connectivity index (χ4n) is 3.30. The van der Waals surface area contributed by atoms with E-state index in [-0.39, 0.29) is 11.9 Å². The van der Waals surface area contributed by atoms with Crippen molar-refractivity contribution in [3.05, 3.63) is 35.7 Å². The van der Waals surface area contributed by atoms with Gasteiger partial charge >= 0.3 is 0 Å². The Kier molecular flexibility index (Phi) is 4.73. The van der Waals surface area contributed by atoms with Crippen molar-refractivity contribution >= 4 is 32.6 Å². The van der Waals surface area contributed by atoms with E-state index in [0.29, 0.717) is 5.69 Å². The van der Waals surface area contributed by atoms with E-state index in [1.54, 1.807) is 23.1 Å². The predicted molar refractivity (Wildman–Crippen MR) is 107 cm³/mol. The van der Waals surface area contributed by atoms with E-state index in [9.17, 15) is 4.79 Å². The lowest BCUT2D eigenvalue weighted by molar-refractivity contribution is 0.0925. The number of nitrogens with one attached hydrogen (secondary N) is 1. The zero-order valence-corrected chi connectivity index (χ0v) is 16.5. The van der Waals surface area contributed by atoms with Gasteiger partial charge in [0.25, 0.3) is 5.91 Å². The second kappa shape index (κ2) is 7.19. The summed E-state index contributed by atoms with van der Waals surface area (Å²) >= 11 is 1.68. The molecule has 7 nitrogen and oxygen atoms in total. The van der Waals surface area contributed by atoms with Crippen molar-refractivity contribution in [2.75, 3.05) is 25.1 Å². The zero-order chi connectivity index (χ0) is 19.0. The van der Waals surface area contributed by atoms with Crippen LogP contribution in [0.15, 0.2) is 24.3 Å². The smallest absolute Gasteiger partial charge is 0.272 e. The zero-order valence-electron chi connectivity index (χ0n) is 15.7. The van der Waals surface area contributed by atoms with Gasteiger partial charge in [-0.05, 0) is 44.0 Å². The van der Waals surface area contributed by atoms with Crippen LogP contribution in [-0.4, -0.2) is 46.9 Å². The Bertz CT molecular complexity index is 952. The number of aryl methyl sites for hydroxylation is 2. The van der Waals surface area contributed by atoms with Crippen LogP contribution in [0.25, 0.3) is 10.2 Å². The summed E-state index contributed by atoms with van der Waals surface area (Å²) in [6.45, 7) is 3.70. The van der Waals surface area contributed by atoms with Crippen LogP contribution in [0.4, 0.5) is 5.13 Å². The number of rotatable bonds is 4. The normalized spacial score (nSPS) is 15.3. The first-order valence-electron chi connectivity index (χ1n) is 9.04. The molecule has 1 aliphatic rings. The van der Waals surface area contributed by atoms with Crippen LogP contribution in [0.3, 0.4) is 0 Å². The fraction of sp³-hybridized carbons (Fsp3) is 0.421. The van der Waals surface area contributed by atoms with Gasteiger partial charge in [0.2, 0.25) is 0 Å². The van der Waals surface area contributed by atoms with Crippen LogP contribution < -0.4 is 15.0 Å². The molecule has 8 heteroatoms. The van der Waals surface area contributed by atoms with E-state index in [0.717, 1.165) is 52.7 Å². The monoisotopic (exact) mass is 385 g/mol. The third-order valence-corrected chi connectivity index (χ3v) is 6.11. The lowest BCUT2D eigenvalue weighted by atomic mass is 10.1. The van der Waals surface area contributed by atoms with Crippen molar-refractivity contribution in [1.82, 2.24) is 20.1 Å². The Morgan fingerprint density at radius 2 is 2.07 bits per heavy atom. The van der Waals surface area contributed by atoms with E-state index < -0.39 is 0 Å². The van der Waals surface area contributed by atoms with Gasteiger partial charge in [-0.15, -0.1) is 0 Å². The Balaban J connectivity index is 1.38. The molecule has 1 saturated heterocycles. The summed E-state index contributed by atoms with van der Waals surface area (Å²) in [6, 6.07) is 7.95. The van der Waals surface area contributed by atoms with Crippen LogP contribution in [0.5, 0.6) is 5.75 Å². The van der Waals surface area contributed by atoms with Crippen LogP contribution >= 0.6 is 11.3 Å². The second-order valence-electron chi connectivity index (χ2n) is 6.86. The maximum atomic E-state index is 12.4. The number of anilines is 1. The number of amides is 1. The van der Waals surface area contributed by atoms with Gasteiger partial charge in [-0.3, -0.25) is 9.48 Å². The van der Waals surface area contributed by atoms with Crippen LogP contribution in [0, 0.1) is 6.92 Å². The first-order chi connectivity index (χ1) is 13.0. The molecule has 1 amide bonds. The number of aromatic nitrogens is 3. The highest BCUT2D eigenvalue weighted by Gasteiger charge is 2.24. The number of carbonyl (C=O) groups is 1. The third-order valence-electron chi connectivity index (χ3n) is 5.03. The highest BCUT2D eigenvalue weighted by atomic mass is 32.1. The summed E-state index contributed by atoms with van der Waals surface area (Å²) in [5, 5.41) is 8.40. The number of methoxy groups -OCH3 is 1. The van der Waals surface area contributed by atoms with Crippen molar-refractivity contribution in [1.29, 1.82) is 0 Å². The highest BCUT2D eigenvalue weighted by molar-refractivity contribution is 7.22. The molecule has 2 aromatic heterocycles. The molecule has 0 atom stereocenters. The molecule has 1 aromatic carbocycles. The summed E-state index contributed by atoms with van der Waals surface area (Å²) in [5.41, 5.74) is 2.46. The van der Waals surface area contributed by atoms with Gasteiger partial charge in [0, 0.05) is 31.9 Å². The van der Waals surface area contributed by atoms with Gasteiger partial charge in [0.1, 0.15) is 11.4 Å². The largest absolute Gasteiger partial charge is 0.497 e. The van der Waals surface area contributed by atoms with E-state index in [4.69, 9.17) is 9.72 Å². The molecular formula is C19H23N5O2S. The van der Waals surface area contributed by atoms with Crippen LogP contribution in [0.2, 0.25) is 0 Å². The molecule has 0 aliphatic carbocycles. The summed E-state index contributed by atoms with van der Waals surface area (Å²) in [4.78, 5) is 19.4. The molecule has 0 bridgehead atoms. The number of thiazole rings is 1. The predicted octanol–water partition coefficient (Wildman–Crippen LogP) is 2.75. The number of hydrogen-bond acceptors (Lipinski definition) is 6. The average Bonchev–Trinajstić information content (AvgIpc) is 3.25. The number of carbonyl (C=O) groups excluding carboxylic acids is 1. The molecule has 3 heterocycles. The molecule has 142 valence electrons. The summed E-state index contributed by atoms with van der Waals surface area (Å²) in [7, 11) is 3.52. The standard InChI is InChI=1S/C19H23N5O2S/c1-12-10-16(22-23(12)2)18(25)20-13-6-8-24(9-7-13)19-21-15-5-4-14(26-3)11-17(15)27-19/h4-5,10-11,13H,6-9H2,1-3H3,(H,20,25). The fourth-order valence-corrected chi connectivity index (χ4v) is 4.35. The molecule has 1 fully saturated rings. The molecule has 4 rings (SSSR count). The lowest BCUT2D eigenvalue weighted by Crippen LogP contribution is -2.44. The number of piperidine rings is 1. The number of nitrogens with zero attached hydrogens (tertiary/aromatic N) is 4. The minimum Gasteiger partial charge on any atom is -0.497 e. The summed E-state index contributed by atoms with van der Waals surface area (Å²) in [5.74, 6) is 0.758. The van der Waals surface area contributed by atoms with Gasteiger partial charge in [-0.2, -0.15) is 5.10 Å². The van der Waals surface area contributed by atoms with E-state index in [2.05, 4.69) is 15.3 Å². The van der Waals surface area contributed by atoms with E-state index in [1.807, 2.05) is 38.2 Å². The average molecular weight is 385 g/mol. The number of ether oxygens (including phenoxy) is 1. The first kappa shape index (κ1) is 17.8. The molecule has 0 radical (unpaired) electrons. The maximum Gasteiger partial charge on any atom is 0.272 e. The van der Waals surface area contributed by atoms with Crippen molar-refractivity contribution in [2.24, 2.45) is 7.05 Å². The topological polar surface area (TPSA) is 72.3 Å². The van der Waals surface area contributed by atoms with Crippen molar-refractivity contribution in [3.8, 4) is 5.75 Å². The molecule has 0 spiro atoms. The van der Waals surface area contributed by atoms with Gasteiger partial charge in [0.15, 0.2) is 5.13 Å². The number of benzene rings is 1. The molecule has 0 saturated carbocycles. The minimum atomic E-state index is -0.0933. The van der Waals surface area contributed by atoms with Crippen molar-refractivity contribution < 1.29 is 9.53 Å². The van der Waals surface area contributed by atoms with Gasteiger partial charge in [0.05, 0.1) is 17.3 Å². The van der Waals surface area contributed by atoms with Crippen LogP contribution in [0.1, 0.15) is 29.0 Å². The second-order valence-corrected chi connectivity index (χ2v) is 7.87. The molecular weight excluding hydrogens is 362 g/mol. The summed E-state index contributed by atoms with van der Waals surface area (Å²) in [6.07, 6.45) is 1.80. The number of hydrogen-bond donors (Lipinski definition) is 1. The molecule has 1 aliphatic heterocycles. The molecule has 1 N–H and O–H groups in total. The minimum absolute atomic E-state index is 0.0933. The SMILES string of the molecule is COc1ccc2nc(N3CCC(NC(=O)c4cc(C)n(C)n4)CC3)sc2c1. The Morgan fingerprint density at radius 3 is 2.74 bits per heavy atom. The summed E-state index contributed by atoms with van der Waals surface area (Å²) < 4.78 is 8.14. The Hall–Kier alpha value is -2.61. The molecule has 0 unspecified atom stereocenters. The Labute approximate surface area is 162 Å². The molecule has 27 heavy (non-hydrogen) atoms. The quantitative estimate of drug-likeness (QED) is 0.748. The lowest BCUT2D eigenvalue weighted by Gasteiger charge is -2.31. The molecule has 3 aromatic rings.